The molecule has 2 fully saturated rings. The fourth-order valence-electron chi connectivity index (χ4n) is 3.69. The maximum atomic E-state index is 13.7. The Kier molecular flexibility index (Phi) is 6.49. The average Bonchev–Trinajstić information content (AvgIpc) is 3.08. The van der Waals surface area contributed by atoms with Crippen molar-refractivity contribution in [1.82, 2.24) is 14.7 Å². The van der Waals surface area contributed by atoms with E-state index in [4.69, 9.17) is 4.74 Å². The van der Waals surface area contributed by atoms with Crippen LogP contribution in [0.15, 0.2) is 24.3 Å². The molecule has 0 aliphatic carbocycles. The van der Waals surface area contributed by atoms with E-state index in [1.807, 2.05) is 0 Å². The second kappa shape index (κ2) is 9.03. The van der Waals surface area contributed by atoms with Crippen LogP contribution in [0.2, 0.25) is 0 Å². The third kappa shape index (κ3) is 4.61. The Bertz CT molecular complexity index is 734. The molecule has 1 unspecified atom stereocenters. The Morgan fingerprint density at radius 2 is 1.82 bits per heavy atom. The van der Waals surface area contributed by atoms with Gasteiger partial charge in [0.05, 0.1) is 12.5 Å². The predicted molar refractivity (Wildman–Crippen MR) is 100.0 cm³/mol. The molecule has 1 aromatic carbocycles. The van der Waals surface area contributed by atoms with E-state index in [1.165, 1.54) is 6.07 Å². The highest BCUT2D eigenvalue weighted by Crippen LogP contribution is 2.22. The van der Waals surface area contributed by atoms with Crippen molar-refractivity contribution in [1.29, 1.82) is 0 Å². The van der Waals surface area contributed by atoms with E-state index in [0.717, 1.165) is 0 Å². The van der Waals surface area contributed by atoms with Crippen molar-refractivity contribution in [3.63, 3.8) is 0 Å². The lowest BCUT2D eigenvalue weighted by molar-refractivity contribution is -0.137. The summed E-state index contributed by atoms with van der Waals surface area (Å²) in [5.74, 6) is -0.770. The highest BCUT2D eigenvalue weighted by molar-refractivity contribution is 5.89. The van der Waals surface area contributed by atoms with Gasteiger partial charge in [0.25, 0.3) is 0 Å². The normalized spacial score (nSPS) is 19.9. The number of piperazine rings is 1. The van der Waals surface area contributed by atoms with Gasteiger partial charge in [0, 0.05) is 45.7 Å². The molecule has 0 aromatic heterocycles. The van der Waals surface area contributed by atoms with Gasteiger partial charge in [0.2, 0.25) is 11.8 Å². The van der Waals surface area contributed by atoms with Crippen LogP contribution in [0.4, 0.5) is 9.18 Å². The number of hydrogen-bond acceptors (Lipinski definition) is 4. The quantitative estimate of drug-likeness (QED) is 0.763. The molecule has 28 heavy (non-hydrogen) atoms. The zero-order valence-electron chi connectivity index (χ0n) is 16.1. The summed E-state index contributed by atoms with van der Waals surface area (Å²) in [6.07, 6.45) is 0.260. The van der Waals surface area contributed by atoms with E-state index in [9.17, 15) is 18.8 Å². The first-order chi connectivity index (χ1) is 13.5. The molecule has 2 aliphatic heterocycles. The first-order valence-corrected chi connectivity index (χ1v) is 9.71. The number of likely N-dealkylation sites (tertiary alicyclic amines) is 1. The fourth-order valence-corrected chi connectivity index (χ4v) is 3.69. The van der Waals surface area contributed by atoms with Gasteiger partial charge in [-0.15, -0.1) is 0 Å². The van der Waals surface area contributed by atoms with Crippen molar-refractivity contribution in [2.75, 3.05) is 45.9 Å². The van der Waals surface area contributed by atoms with Crippen molar-refractivity contribution >= 4 is 17.9 Å². The summed E-state index contributed by atoms with van der Waals surface area (Å²) in [5, 5.41) is 0. The fraction of sp³-hybridized carbons (Fsp3) is 0.550. The predicted octanol–water partition coefficient (Wildman–Crippen LogP) is 1.52. The highest BCUT2D eigenvalue weighted by Gasteiger charge is 2.37. The number of halogens is 1. The number of ether oxygens (including phenoxy) is 1. The number of benzene rings is 1. The van der Waals surface area contributed by atoms with Gasteiger partial charge in [0.15, 0.2) is 0 Å². The molecule has 0 bridgehead atoms. The smallest absolute Gasteiger partial charge is 0.409 e. The Hall–Kier alpha value is -2.64. The van der Waals surface area contributed by atoms with E-state index in [-0.39, 0.29) is 36.1 Å². The molecule has 2 saturated heterocycles. The maximum Gasteiger partial charge on any atom is 0.409 e. The Morgan fingerprint density at radius 3 is 2.50 bits per heavy atom. The van der Waals surface area contributed by atoms with Crippen molar-refractivity contribution in [3.05, 3.63) is 35.6 Å². The Morgan fingerprint density at radius 1 is 1.14 bits per heavy atom. The van der Waals surface area contributed by atoms with Gasteiger partial charge in [-0.1, -0.05) is 18.2 Å². The zero-order chi connectivity index (χ0) is 20.1. The second-order valence-electron chi connectivity index (χ2n) is 7.09. The number of hydrogen-bond donors (Lipinski definition) is 0. The minimum atomic E-state index is -0.373. The van der Waals surface area contributed by atoms with Crippen LogP contribution >= 0.6 is 0 Å². The third-order valence-electron chi connectivity index (χ3n) is 5.29. The summed E-state index contributed by atoms with van der Waals surface area (Å²) in [5.41, 5.74) is 0.570. The molecule has 1 atom stereocenters. The molecule has 0 saturated carbocycles. The average molecular weight is 391 g/mol. The van der Waals surface area contributed by atoms with Crippen molar-refractivity contribution in [2.45, 2.75) is 19.8 Å². The van der Waals surface area contributed by atoms with Crippen LogP contribution in [0.3, 0.4) is 0 Å². The molecule has 0 N–H and O–H groups in total. The molecule has 8 heteroatoms. The van der Waals surface area contributed by atoms with Gasteiger partial charge in [0.1, 0.15) is 5.82 Å². The Labute approximate surface area is 164 Å². The first-order valence-electron chi connectivity index (χ1n) is 9.71. The Balaban J connectivity index is 1.49. The molecule has 152 valence electrons. The van der Waals surface area contributed by atoms with Crippen LogP contribution in [0, 0.1) is 11.7 Å². The SMILES string of the molecule is CCOC(=O)N1CCN(C(=O)C2CC(=O)N(CCc3ccccc3F)C2)CC1. The molecule has 7 nitrogen and oxygen atoms in total. The monoisotopic (exact) mass is 391 g/mol. The first kappa shape index (κ1) is 20.1. The third-order valence-corrected chi connectivity index (χ3v) is 5.29. The molecular formula is C20H26FN3O4. The van der Waals surface area contributed by atoms with E-state index >= 15 is 0 Å². The minimum absolute atomic E-state index is 0.0507. The lowest BCUT2D eigenvalue weighted by Crippen LogP contribution is -2.52. The molecule has 0 spiro atoms. The highest BCUT2D eigenvalue weighted by atomic mass is 19.1. The van der Waals surface area contributed by atoms with Crippen LogP contribution in [-0.2, 0) is 20.7 Å². The van der Waals surface area contributed by atoms with E-state index in [0.29, 0.717) is 57.9 Å². The summed E-state index contributed by atoms with van der Waals surface area (Å²) >= 11 is 0. The molecule has 2 heterocycles. The van der Waals surface area contributed by atoms with Crippen molar-refractivity contribution in [2.24, 2.45) is 5.92 Å². The number of carbonyl (C=O) groups excluding carboxylic acids is 3. The van der Waals surface area contributed by atoms with Crippen molar-refractivity contribution < 1.29 is 23.5 Å². The standard InChI is InChI=1S/C20H26FN3O4/c1-2-28-20(27)23-11-9-22(10-12-23)19(26)16-13-18(25)24(14-16)8-7-15-5-3-4-6-17(15)21/h3-6,16H,2,7-14H2,1H3. The van der Waals surface area contributed by atoms with Crippen LogP contribution in [0.25, 0.3) is 0 Å². The molecule has 2 aliphatic rings. The van der Waals surface area contributed by atoms with Gasteiger partial charge in [-0.2, -0.15) is 0 Å². The van der Waals surface area contributed by atoms with Gasteiger partial charge < -0.3 is 19.4 Å². The summed E-state index contributed by atoms with van der Waals surface area (Å²) in [4.78, 5) is 41.8. The second-order valence-corrected chi connectivity index (χ2v) is 7.09. The van der Waals surface area contributed by atoms with Gasteiger partial charge in [-0.25, -0.2) is 9.18 Å². The van der Waals surface area contributed by atoms with Crippen LogP contribution < -0.4 is 0 Å². The van der Waals surface area contributed by atoms with Crippen molar-refractivity contribution in [3.8, 4) is 0 Å². The largest absolute Gasteiger partial charge is 0.450 e. The van der Waals surface area contributed by atoms with Crippen LogP contribution in [-0.4, -0.2) is 78.5 Å². The van der Waals surface area contributed by atoms with Crippen LogP contribution in [0.5, 0.6) is 0 Å². The summed E-state index contributed by atoms with van der Waals surface area (Å²) in [7, 11) is 0. The van der Waals surface area contributed by atoms with E-state index in [2.05, 4.69) is 0 Å². The number of amides is 3. The summed E-state index contributed by atoms with van der Waals surface area (Å²) < 4.78 is 18.7. The number of rotatable bonds is 5. The van der Waals surface area contributed by atoms with Gasteiger partial charge in [-0.3, -0.25) is 9.59 Å². The topological polar surface area (TPSA) is 70.2 Å². The number of carbonyl (C=O) groups is 3. The number of nitrogens with zero attached hydrogens (tertiary/aromatic N) is 3. The maximum absolute atomic E-state index is 13.7. The molecule has 3 amide bonds. The summed E-state index contributed by atoms with van der Waals surface area (Å²) in [6.45, 7) is 4.60. The van der Waals surface area contributed by atoms with Crippen LogP contribution in [0.1, 0.15) is 18.9 Å². The van der Waals surface area contributed by atoms with E-state index in [1.54, 1.807) is 39.8 Å². The lowest BCUT2D eigenvalue weighted by Gasteiger charge is -2.35. The zero-order valence-corrected chi connectivity index (χ0v) is 16.1. The lowest BCUT2D eigenvalue weighted by atomic mass is 10.1. The summed E-state index contributed by atoms with van der Waals surface area (Å²) in [6, 6.07) is 6.52. The van der Waals surface area contributed by atoms with E-state index < -0.39 is 0 Å². The van der Waals surface area contributed by atoms with Gasteiger partial charge in [-0.05, 0) is 25.0 Å². The molecular weight excluding hydrogens is 365 g/mol. The minimum Gasteiger partial charge on any atom is -0.450 e. The molecule has 1 aromatic rings. The molecule has 0 radical (unpaired) electrons. The molecule has 3 rings (SSSR count). The van der Waals surface area contributed by atoms with Gasteiger partial charge >= 0.3 is 6.09 Å².